The van der Waals surface area contributed by atoms with E-state index in [1.54, 1.807) is 24.4 Å². The van der Waals surface area contributed by atoms with Crippen molar-refractivity contribution in [2.45, 2.75) is 26.8 Å². The number of furan rings is 1. The Morgan fingerprint density at radius 3 is 2.62 bits per heavy atom. The number of rotatable bonds is 5. The summed E-state index contributed by atoms with van der Waals surface area (Å²) >= 11 is 0. The first-order valence-corrected chi connectivity index (χ1v) is 8.47. The van der Waals surface area contributed by atoms with Crippen LogP contribution in [-0.2, 0) is 0 Å². The Morgan fingerprint density at radius 1 is 1.19 bits per heavy atom. The fraction of sp³-hybridized carbons (Fsp3) is 0.250. The number of amides is 1. The summed E-state index contributed by atoms with van der Waals surface area (Å²) in [7, 11) is 0. The second kappa shape index (κ2) is 7.39. The number of hydrogen-bond donors (Lipinski definition) is 2. The van der Waals surface area contributed by atoms with E-state index in [9.17, 15) is 9.59 Å². The van der Waals surface area contributed by atoms with Gasteiger partial charge in [0.1, 0.15) is 11.3 Å². The van der Waals surface area contributed by atoms with Crippen LogP contribution in [0.1, 0.15) is 41.5 Å². The van der Waals surface area contributed by atoms with Crippen molar-refractivity contribution < 1.29 is 9.21 Å². The predicted octanol–water partition coefficient (Wildman–Crippen LogP) is 3.47. The van der Waals surface area contributed by atoms with Crippen molar-refractivity contribution >= 4 is 5.91 Å². The molecule has 1 atom stereocenters. The van der Waals surface area contributed by atoms with E-state index in [0.29, 0.717) is 11.5 Å². The number of aryl methyl sites for hydroxylation is 1. The zero-order valence-corrected chi connectivity index (χ0v) is 14.9. The SMILES string of the molecule is Cc1cccnc1[C@H](NC(=O)c1ccc(-c2ccco2)[nH]c1=O)C(C)C. The Bertz CT molecular complexity index is 958. The average Bonchev–Trinajstić information content (AvgIpc) is 3.14. The normalized spacial score (nSPS) is 12.2. The average molecular weight is 351 g/mol. The third-order valence-electron chi connectivity index (χ3n) is 4.24. The molecule has 0 unspecified atom stereocenters. The molecule has 2 N–H and O–H groups in total. The summed E-state index contributed by atoms with van der Waals surface area (Å²) < 4.78 is 5.26. The molecule has 1 amide bonds. The van der Waals surface area contributed by atoms with Crippen LogP contribution >= 0.6 is 0 Å². The molecule has 0 saturated heterocycles. The smallest absolute Gasteiger partial charge is 0.261 e. The molecule has 3 aromatic heterocycles. The Kier molecular flexibility index (Phi) is 5.02. The van der Waals surface area contributed by atoms with Gasteiger partial charge in [-0.05, 0) is 48.7 Å². The molecule has 6 heteroatoms. The zero-order valence-electron chi connectivity index (χ0n) is 14.9. The molecule has 26 heavy (non-hydrogen) atoms. The molecule has 3 rings (SSSR count). The maximum Gasteiger partial charge on any atom is 0.261 e. The standard InChI is InChI=1S/C20H21N3O3/c1-12(2)17(18-13(3)6-4-10-21-18)23-20(25)14-8-9-15(22-19(14)24)16-7-5-11-26-16/h4-12,17H,1-3H3,(H,22,24)(H,23,25)/t17-/m1/s1. The molecule has 134 valence electrons. The van der Waals surface area contributed by atoms with Gasteiger partial charge in [-0.1, -0.05) is 19.9 Å². The number of nitrogens with zero attached hydrogens (tertiary/aromatic N) is 1. The molecule has 0 spiro atoms. The van der Waals surface area contributed by atoms with Gasteiger partial charge in [0.2, 0.25) is 0 Å². The first kappa shape index (κ1) is 17.7. The molecular weight excluding hydrogens is 330 g/mol. The summed E-state index contributed by atoms with van der Waals surface area (Å²) in [5.74, 6) is 0.230. The van der Waals surface area contributed by atoms with Crippen molar-refractivity contribution in [2.24, 2.45) is 5.92 Å². The quantitative estimate of drug-likeness (QED) is 0.737. The third kappa shape index (κ3) is 3.59. The predicted molar refractivity (Wildman–Crippen MR) is 98.8 cm³/mol. The molecule has 0 radical (unpaired) electrons. The largest absolute Gasteiger partial charge is 0.463 e. The summed E-state index contributed by atoms with van der Waals surface area (Å²) in [6.07, 6.45) is 3.23. The highest BCUT2D eigenvalue weighted by molar-refractivity contribution is 5.94. The van der Waals surface area contributed by atoms with Crippen molar-refractivity contribution in [3.05, 3.63) is 76.0 Å². The Labute approximate surface area is 151 Å². The van der Waals surface area contributed by atoms with E-state index in [1.807, 2.05) is 32.9 Å². The Morgan fingerprint density at radius 2 is 2.00 bits per heavy atom. The number of H-pyrrole nitrogens is 1. The summed E-state index contributed by atoms with van der Waals surface area (Å²) in [5, 5.41) is 2.94. The van der Waals surface area contributed by atoms with E-state index in [-0.39, 0.29) is 17.5 Å². The number of aromatic amines is 1. The number of carbonyl (C=O) groups excluding carboxylic acids is 1. The zero-order chi connectivity index (χ0) is 18.7. The van der Waals surface area contributed by atoms with Crippen LogP contribution in [0.4, 0.5) is 0 Å². The molecule has 0 saturated carbocycles. The Hall–Kier alpha value is -3.15. The first-order valence-electron chi connectivity index (χ1n) is 8.47. The van der Waals surface area contributed by atoms with Crippen LogP contribution < -0.4 is 10.9 Å². The molecule has 0 aliphatic rings. The molecule has 0 aromatic carbocycles. The summed E-state index contributed by atoms with van der Waals surface area (Å²) in [4.78, 5) is 32.1. The number of pyridine rings is 2. The van der Waals surface area contributed by atoms with Gasteiger partial charge in [-0.15, -0.1) is 0 Å². The van der Waals surface area contributed by atoms with E-state index in [0.717, 1.165) is 11.3 Å². The Balaban J connectivity index is 1.87. The number of hydrogen-bond acceptors (Lipinski definition) is 4. The van der Waals surface area contributed by atoms with Crippen LogP contribution in [0, 0.1) is 12.8 Å². The van der Waals surface area contributed by atoms with Gasteiger partial charge in [-0.25, -0.2) is 0 Å². The maximum atomic E-state index is 12.7. The lowest BCUT2D eigenvalue weighted by molar-refractivity contribution is 0.0922. The third-order valence-corrected chi connectivity index (χ3v) is 4.24. The minimum Gasteiger partial charge on any atom is -0.463 e. The molecule has 6 nitrogen and oxygen atoms in total. The van der Waals surface area contributed by atoms with Crippen LogP contribution in [0.25, 0.3) is 11.5 Å². The van der Waals surface area contributed by atoms with E-state index >= 15 is 0 Å². The number of nitrogens with one attached hydrogen (secondary N) is 2. The highest BCUT2D eigenvalue weighted by Crippen LogP contribution is 2.23. The van der Waals surface area contributed by atoms with Crippen LogP contribution in [0.2, 0.25) is 0 Å². The van der Waals surface area contributed by atoms with Gasteiger partial charge in [0.25, 0.3) is 11.5 Å². The molecule has 0 bridgehead atoms. The van der Waals surface area contributed by atoms with Crippen molar-refractivity contribution in [3.63, 3.8) is 0 Å². The molecular formula is C20H21N3O3. The summed E-state index contributed by atoms with van der Waals surface area (Å²) in [6, 6.07) is 10.2. The van der Waals surface area contributed by atoms with Gasteiger partial charge >= 0.3 is 0 Å². The lowest BCUT2D eigenvalue weighted by atomic mass is 9.97. The fourth-order valence-electron chi connectivity index (χ4n) is 2.82. The monoisotopic (exact) mass is 351 g/mol. The van der Waals surface area contributed by atoms with E-state index < -0.39 is 11.5 Å². The van der Waals surface area contributed by atoms with Crippen molar-refractivity contribution in [1.29, 1.82) is 0 Å². The second-order valence-corrected chi connectivity index (χ2v) is 6.49. The van der Waals surface area contributed by atoms with E-state index in [1.165, 1.54) is 12.3 Å². The lowest BCUT2D eigenvalue weighted by Gasteiger charge is -2.23. The van der Waals surface area contributed by atoms with Gasteiger partial charge < -0.3 is 14.7 Å². The van der Waals surface area contributed by atoms with Crippen molar-refractivity contribution in [2.75, 3.05) is 0 Å². The highest BCUT2D eigenvalue weighted by Gasteiger charge is 2.23. The minimum atomic E-state index is -0.461. The highest BCUT2D eigenvalue weighted by atomic mass is 16.3. The molecule has 3 aromatic rings. The van der Waals surface area contributed by atoms with Crippen LogP contribution in [0.15, 0.2) is 58.1 Å². The summed E-state index contributed by atoms with van der Waals surface area (Å²) in [6.45, 7) is 5.96. The molecule has 0 fully saturated rings. The number of carbonyl (C=O) groups is 1. The van der Waals surface area contributed by atoms with E-state index in [2.05, 4.69) is 15.3 Å². The first-order chi connectivity index (χ1) is 12.5. The second-order valence-electron chi connectivity index (χ2n) is 6.49. The lowest BCUT2D eigenvalue weighted by Crippen LogP contribution is -2.35. The summed E-state index contributed by atoms with van der Waals surface area (Å²) in [5.41, 5.74) is 1.92. The fourth-order valence-corrected chi connectivity index (χ4v) is 2.82. The number of aromatic nitrogens is 2. The van der Waals surface area contributed by atoms with Gasteiger partial charge in [-0.3, -0.25) is 14.6 Å². The molecule has 0 aliphatic heterocycles. The topological polar surface area (TPSA) is 88.0 Å². The molecule has 3 heterocycles. The van der Waals surface area contributed by atoms with Gasteiger partial charge in [0.15, 0.2) is 0 Å². The van der Waals surface area contributed by atoms with Crippen LogP contribution in [-0.4, -0.2) is 15.9 Å². The van der Waals surface area contributed by atoms with Gasteiger partial charge in [0, 0.05) is 6.20 Å². The van der Waals surface area contributed by atoms with Crippen molar-refractivity contribution in [1.82, 2.24) is 15.3 Å². The van der Waals surface area contributed by atoms with Gasteiger partial charge in [-0.2, -0.15) is 0 Å². The molecule has 0 aliphatic carbocycles. The van der Waals surface area contributed by atoms with Crippen molar-refractivity contribution in [3.8, 4) is 11.5 Å². The van der Waals surface area contributed by atoms with Crippen LogP contribution in [0.5, 0.6) is 0 Å². The van der Waals surface area contributed by atoms with E-state index in [4.69, 9.17) is 4.42 Å². The van der Waals surface area contributed by atoms with Crippen LogP contribution in [0.3, 0.4) is 0 Å². The van der Waals surface area contributed by atoms with Gasteiger partial charge in [0.05, 0.1) is 23.7 Å². The maximum absolute atomic E-state index is 12.7. The minimum absolute atomic E-state index is 0.0551.